The van der Waals surface area contributed by atoms with Crippen LogP contribution in [0.4, 0.5) is 0 Å². The molecule has 0 saturated heterocycles. The Hall–Kier alpha value is -1.34. The number of rotatable bonds is 0. The largest absolute Gasteiger partial charge is 0.154 e. The molecule has 0 fully saturated rings. The van der Waals surface area contributed by atoms with Crippen LogP contribution in [-0.4, -0.2) is 5.37 Å². The molecule has 0 nitrogen and oxygen atoms in total. The molecule has 1 aliphatic heterocycles. The van der Waals surface area contributed by atoms with Gasteiger partial charge in [-0.25, -0.2) is 0 Å². The van der Waals surface area contributed by atoms with Gasteiger partial charge in [0.05, 0.1) is 0 Å². The summed E-state index contributed by atoms with van der Waals surface area (Å²) in [6.45, 7) is 8.78. The summed E-state index contributed by atoms with van der Waals surface area (Å²) < 4.78 is 0. The van der Waals surface area contributed by atoms with Gasteiger partial charge in [0, 0.05) is 16.6 Å². The lowest BCUT2D eigenvalue weighted by molar-refractivity contribution is 0.890. The number of hydrogen-bond donors (Lipinski definition) is 0. The molecule has 2 aromatic carbocycles. The minimum absolute atomic E-state index is 0.249. The molecule has 2 atom stereocenters. The van der Waals surface area contributed by atoms with E-state index in [0.717, 1.165) is 5.75 Å². The maximum Gasteiger partial charge on any atom is 0.0178 e. The molecule has 1 aliphatic rings. The van der Waals surface area contributed by atoms with Gasteiger partial charge in [0.1, 0.15) is 0 Å². The molecule has 21 heavy (non-hydrogen) atoms. The van der Waals surface area contributed by atoms with Crippen LogP contribution < -0.4 is 0 Å². The molecule has 0 spiro atoms. The van der Waals surface area contributed by atoms with Gasteiger partial charge in [-0.3, -0.25) is 0 Å². The Morgan fingerprint density at radius 3 is 2.24 bits per heavy atom. The van der Waals surface area contributed by atoms with Crippen molar-refractivity contribution in [2.75, 3.05) is 0 Å². The van der Waals surface area contributed by atoms with Gasteiger partial charge in [0.15, 0.2) is 0 Å². The lowest BCUT2D eigenvalue weighted by Gasteiger charge is -2.14. The van der Waals surface area contributed by atoms with E-state index in [1.54, 1.807) is 0 Å². The molecule has 2 aromatic rings. The summed E-state index contributed by atoms with van der Waals surface area (Å²) >= 11 is 0. The maximum absolute atomic E-state index is 2.37. The predicted octanol–water partition coefficient (Wildman–Crippen LogP) is 6.22. The van der Waals surface area contributed by atoms with Crippen molar-refractivity contribution in [1.82, 2.24) is 0 Å². The van der Waals surface area contributed by atoms with E-state index in [4.69, 9.17) is 0 Å². The van der Waals surface area contributed by atoms with Crippen molar-refractivity contribution >= 4 is 15.9 Å². The normalized spacial score (nSPS) is 19.8. The van der Waals surface area contributed by atoms with E-state index in [0.29, 0.717) is 5.92 Å². The smallest absolute Gasteiger partial charge is 0.0178 e. The molecule has 1 heteroatoms. The average molecular weight is 298 g/mol. The molecule has 0 bridgehead atoms. The van der Waals surface area contributed by atoms with Crippen LogP contribution in [0, 0.1) is 0 Å². The zero-order chi connectivity index (χ0) is 15.2. The van der Waals surface area contributed by atoms with Gasteiger partial charge in [-0.05, 0) is 29.7 Å². The van der Waals surface area contributed by atoms with E-state index in [2.05, 4.69) is 81.6 Å². The van der Waals surface area contributed by atoms with Crippen LogP contribution in [0.15, 0.2) is 53.4 Å². The first-order valence-corrected chi connectivity index (χ1v) is 9.34. The molecule has 0 aromatic heterocycles. The molecular formula is C20H26S. The zero-order valence-corrected chi connectivity index (χ0v) is 14.4. The van der Waals surface area contributed by atoms with Crippen LogP contribution in [0.5, 0.6) is 0 Å². The van der Waals surface area contributed by atoms with Gasteiger partial charge >= 0.3 is 0 Å². The summed E-state index contributed by atoms with van der Waals surface area (Å²) in [5.41, 5.74) is 4.52. The standard InChI is InChI=1S/C17H18S.C3H8/c1-3-18-12-14-8-4-5-9-15(14)13(2)16-10-6-7-11-17(16)18;1-3-2/h3-11,13H,12H2,1-2H3;3H2,1-2H3. The van der Waals surface area contributed by atoms with Crippen LogP contribution in [0.1, 0.15) is 56.7 Å². The number of benzene rings is 2. The lowest BCUT2D eigenvalue weighted by atomic mass is 9.90. The van der Waals surface area contributed by atoms with E-state index >= 15 is 0 Å². The second-order valence-electron chi connectivity index (χ2n) is 5.47. The van der Waals surface area contributed by atoms with Crippen molar-refractivity contribution in [1.29, 1.82) is 0 Å². The van der Waals surface area contributed by atoms with Gasteiger partial charge in [0.25, 0.3) is 0 Å². The van der Waals surface area contributed by atoms with Crippen LogP contribution in [0.3, 0.4) is 0 Å². The van der Waals surface area contributed by atoms with Crippen molar-refractivity contribution in [3.8, 4) is 0 Å². The molecule has 2 unspecified atom stereocenters. The molecule has 3 rings (SSSR count). The molecule has 0 saturated carbocycles. The Morgan fingerprint density at radius 1 is 1.00 bits per heavy atom. The molecule has 1 heterocycles. The highest BCUT2D eigenvalue weighted by Gasteiger charge is 2.20. The topological polar surface area (TPSA) is 0 Å². The van der Waals surface area contributed by atoms with Gasteiger partial charge < -0.3 is 0 Å². The molecular weight excluding hydrogens is 272 g/mol. The minimum atomic E-state index is 0.249. The van der Waals surface area contributed by atoms with Crippen LogP contribution in [-0.2, 0) is 5.75 Å². The third kappa shape index (κ3) is 3.47. The van der Waals surface area contributed by atoms with Crippen molar-refractivity contribution < 1.29 is 0 Å². The average Bonchev–Trinajstić information content (AvgIpc) is 2.64. The summed E-state index contributed by atoms with van der Waals surface area (Å²) in [7, 11) is 0.249. The summed E-state index contributed by atoms with van der Waals surface area (Å²) in [5, 5.41) is 2.37. The molecule has 0 radical (unpaired) electrons. The van der Waals surface area contributed by atoms with E-state index in [-0.39, 0.29) is 10.5 Å². The number of hydrogen-bond acceptors (Lipinski definition) is 0. The van der Waals surface area contributed by atoms with Gasteiger partial charge in [-0.1, -0.05) is 75.0 Å². The van der Waals surface area contributed by atoms with Crippen LogP contribution in [0.2, 0.25) is 0 Å². The van der Waals surface area contributed by atoms with Gasteiger partial charge in [-0.15, -0.1) is 0 Å². The van der Waals surface area contributed by atoms with Crippen molar-refractivity contribution in [2.24, 2.45) is 0 Å². The molecule has 112 valence electrons. The van der Waals surface area contributed by atoms with Crippen molar-refractivity contribution in [3.63, 3.8) is 0 Å². The summed E-state index contributed by atoms with van der Waals surface area (Å²) in [4.78, 5) is 1.53. The molecule has 0 N–H and O–H groups in total. The van der Waals surface area contributed by atoms with E-state index in [1.807, 2.05) is 0 Å². The van der Waals surface area contributed by atoms with E-state index in [9.17, 15) is 0 Å². The second-order valence-corrected chi connectivity index (χ2v) is 7.53. The number of fused-ring (bicyclic) bond motifs is 2. The quantitative estimate of drug-likeness (QED) is 0.507. The van der Waals surface area contributed by atoms with E-state index in [1.165, 1.54) is 28.0 Å². The fraction of sp³-hybridized carbons (Fsp3) is 0.350. The zero-order valence-electron chi connectivity index (χ0n) is 13.6. The first kappa shape index (κ1) is 16.0. The third-order valence-electron chi connectivity index (χ3n) is 3.79. The minimum Gasteiger partial charge on any atom is -0.154 e. The SMILES string of the molecule is C/C=S1/Cc2ccccc2C(C)c2ccccc21.CCC. The first-order valence-electron chi connectivity index (χ1n) is 7.88. The Kier molecular flexibility index (Phi) is 5.81. The highest BCUT2D eigenvalue weighted by atomic mass is 32.2. The monoisotopic (exact) mass is 298 g/mol. The Labute approximate surface area is 132 Å². The lowest BCUT2D eigenvalue weighted by Crippen LogP contribution is -1.98. The Bertz CT molecular complexity index is 625. The fourth-order valence-electron chi connectivity index (χ4n) is 2.79. The molecule has 0 amide bonds. The van der Waals surface area contributed by atoms with Crippen molar-refractivity contribution in [3.05, 3.63) is 65.2 Å². The Morgan fingerprint density at radius 2 is 1.57 bits per heavy atom. The summed E-state index contributed by atoms with van der Waals surface area (Å²) in [6.07, 6.45) is 1.25. The van der Waals surface area contributed by atoms with Gasteiger partial charge in [-0.2, -0.15) is 10.5 Å². The van der Waals surface area contributed by atoms with Crippen LogP contribution >= 0.6 is 10.5 Å². The van der Waals surface area contributed by atoms with Crippen LogP contribution in [0.25, 0.3) is 0 Å². The predicted molar refractivity (Wildman–Crippen MR) is 97.7 cm³/mol. The fourth-order valence-corrected chi connectivity index (χ4v) is 4.76. The first-order chi connectivity index (χ1) is 10.2. The summed E-state index contributed by atoms with van der Waals surface area (Å²) in [5.74, 6) is 1.67. The van der Waals surface area contributed by atoms with E-state index < -0.39 is 0 Å². The second kappa shape index (κ2) is 7.61. The highest BCUT2D eigenvalue weighted by Crippen LogP contribution is 2.43. The van der Waals surface area contributed by atoms with Crippen molar-refractivity contribution in [2.45, 2.75) is 50.7 Å². The highest BCUT2D eigenvalue weighted by molar-refractivity contribution is 8.14. The summed E-state index contributed by atoms with van der Waals surface area (Å²) in [6, 6.07) is 17.9. The third-order valence-corrected chi connectivity index (χ3v) is 5.91. The Balaban J connectivity index is 0.000000497. The van der Waals surface area contributed by atoms with Gasteiger partial charge in [0.2, 0.25) is 0 Å². The maximum atomic E-state index is 2.37. The molecule has 0 aliphatic carbocycles.